The molecular formula is C14H13F2NO2. The molecule has 0 saturated carbocycles. The highest BCUT2D eigenvalue weighted by atomic mass is 19.3. The minimum atomic E-state index is -2.83. The van der Waals surface area contributed by atoms with Crippen LogP contribution in [0.2, 0.25) is 0 Å². The quantitative estimate of drug-likeness (QED) is 0.782. The van der Waals surface area contributed by atoms with Gasteiger partial charge in [-0.3, -0.25) is 4.79 Å². The highest BCUT2D eigenvalue weighted by Gasteiger charge is 2.27. The summed E-state index contributed by atoms with van der Waals surface area (Å²) in [5.74, 6) is 2.67. The SMILES string of the molecule is C#CC1CC(=O)N(Cc2ccc(OC(F)F)cc2)C1. The summed E-state index contributed by atoms with van der Waals surface area (Å²) in [5, 5.41) is 0. The second kappa shape index (κ2) is 5.70. The summed E-state index contributed by atoms with van der Waals surface area (Å²) < 4.78 is 28.2. The van der Waals surface area contributed by atoms with E-state index in [2.05, 4.69) is 10.7 Å². The predicted octanol–water partition coefficient (Wildman–Crippen LogP) is 2.27. The Morgan fingerprint density at radius 1 is 1.42 bits per heavy atom. The lowest BCUT2D eigenvalue weighted by atomic mass is 10.1. The maximum atomic E-state index is 12.0. The first kappa shape index (κ1) is 13.3. The monoisotopic (exact) mass is 265 g/mol. The average Bonchev–Trinajstić information content (AvgIpc) is 2.72. The van der Waals surface area contributed by atoms with Crippen LogP contribution in [0.5, 0.6) is 5.75 Å². The van der Waals surface area contributed by atoms with Crippen LogP contribution in [-0.2, 0) is 11.3 Å². The van der Waals surface area contributed by atoms with E-state index in [9.17, 15) is 13.6 Å². The molecule has 1 aliphatic heterocycles. The van der Waals surface area contributed by atoms with Crippen LogP contribution < -0.4 is 4.74 Å². The topological polar surface area (TPSA) is 29.5 Å². The van der Waals surface area contributed by atoms with Crippen LogP contribution in [-0.4, -0.2) is 24.0 Å². The number of hydrogen-bond acceptors (Lipinski definition) is 2. The van der Waals surface area contributed by atoms with E-state index in [0.717, 1.165) is 5.56 Å². The fourth-order valence-corrected chi connectivity index (χ4v) is 2.03. The maximum absolute atomic E-state index is 12.0. The van der Waals surface area contributed by atoms with Crippen LogP contribution in [0, 0.1) is 18.3 Å². The van der Waals surface area contributed by atoms with Crippen molar-refractivity contribution in [2.75, 3.05) is 6.54 Å². The zero-order chi connectivity index (χ0) is 13.8. The minimum absolute atomic E-state index is 0.0239. The fourth-order valence-electron chi connectivity index (χ4n) is 2.03. The van der Waals surface area contributed by atoms with E-state index in [4.69, 9.17) is 6.42 Å². The molecule has 5 heteroatoms. The predicted molar refractivity (Wildman–Crippen MR) is 65.4 cm³/mol. The van der Waals surface area contributed by atoms with Crippen LogP contribution in [0.4, 0.5) is 8.78 Å². The molecule has 1 unspecified atom stereocenters. The van der Waals surface area contributed by atoms with Gasteiger partial charge in [0, 0.05) is 25.4 Å². The van der Waals surface area contributed by atoms with Gasteiger partial charge in [0.05, 0.1) is 0 Å². The molecule has 0 N–H and O–H groups in total. The zero-order valence-corrected chi connectivity index (χ0v) is 10.2. The summed E-state index contributed by atoms with van der Waals surface area (Å²) >= 11 is 0. The fraction of sp³-hybridized carbons (Fsp3) is 0.357. The molecule has 3 nitrogen and oxygen atoms in total. The van der Waals surface area contributed by atoms with E-state index < -0.39 is 6.61 Å². The standard InChI is InChI=1S/C14H13F2NO2/c1-2-10-7-13(18)17(8-10)9-11-3-5-12(6-4-11)19-14(15)16/h1,3-6,10,14H,7-9H2. The van der Waals surface area contributed by atoms with Crippen molar-refractivity contribution in [1.29, 1.82) is 0 Å². The summed E-state index contributed by atoms with van der Waals surface area (Å²) in [5.41, 5.74) is 0.854. The molecular weight excluding hydrogens is 252 g/mol. The lowest BCUT2D eigenvalue weighted by Gasteiger charge is -2.16. The van der Waals surface area contributed by atoms with E-state index in [1.807, 2.05) is 0 Å². The van der Waals surface area contributed by atoms with Crippen LogP contribution in [0.15, 0.2) is 24.3 Å². The van der Waals surface area contributed by atoms with Gasteiger partial charge in [-0.1, -0.05) is 12.1 Å². The number of hydrogen-bond donors (Lipinski definition) is 0. The first-order valence-electron chi connectivity index (χ1n) is 5.86. The third kappa shape index (κ3) is 3.44. The Morgan fingerprint density at radius 2 is 2.11 bits per heavy atom. The highest BCUT2D eigenvalue weighted by Crippen LogP contribution is 2.21. The van der Waals surface area contributed by atoms with Crippen molar-refractivity contribution in [3.8, 4) is 18.1 Å². The summed E-state index contributed by atoms with van der Waals surface area (Å²) in [6.07, 6.45) is 5.68. The lowest BCUT2D eigenvalue weighted by molar-refractivity contribution is -0.128. The van der Waals surface area contributed by atoms with E-state index in [0.29, 0.717) is 19.5 Å². The van der Waals surface area contributed by atoms with Crippen molar-refractivity contribution in [1.82, 2.24) is 4.90 Å². The van der Waals surface area contributed by atoms with Gasteiger partial charge in [0.2, 0.25) is 5.91 Å². The van der Waals surface area contributed by atoms with Gasteiger partial charge in [0.25, 0.3) is 0 Å². The molecule has 0 spiro atoms. The Morgan fingerprint density at radius 3 is 2.63 bits per heavy atom. The van der Waals surface area contributed by atoms with E-state index in [1.54, 1.807) is 17.0 Å². The normalized spacial score (nSPS) is 18.7. The van der Waals surface area contributed by atoms with Crippen molar-refractivity contribution in [3.05, 3.63) is 29.8 Å². The van der Waals surface area contributed by atoms with Gasteiger partial charge < -0.3 is 9.64 Å². The number of amides is 1. The maximum Gasteiger partial charge on any atom is 0.387 e. The molecule has 1 amide bonds. The molecule has 1 saturated heterocycles. The molecule has 0 radical (unpaired) electrons. The largest absolute Gasteiger partial charge is 0.435 e. The van der Waals surface area contributed by atoms with Crippen molar-refractivity contribution in [3.63, 3.8) is 0 Å². The molecule has 1 aromatic rings. The number of likely N-dealkylation sites (tertiary alicyclic amines) is 1. The molecule has 100 valence electrons. The smallest absolute Gasteiger partial charge is 0.387 e. The molecule has 1 heterocycles. The third-order valence-electron chi connectivity index (χ3n) is 2.97. The summed E-state index contributed by atoms with van der Waals surface area (Å²) in [6.45, 7) is -1.85. The molecule has 1 fully saturated rings. The molecule has 1 aliphatic rings. The van der Waals surface area contributed by atoms with Crippen LogP contribution >= 0.6 is 0 Å². The van der Waals surface area contributed by atoms with Gasteiger partial charge in [-0.05, 0) is 17.7 Å². The van der Waals surface area contributed by atoms with Gasteiger partial charge in [-0.2, -0.15) is 8.78 Å². The average molecular weight is 265 g/mol. The second-order valence-corrected chi connectivity index (χ2v) is 4.36. The zero-order valence-electron chi connectivity index (χ0n) is 10.2. The van der Waals surface area contributed by atoms with E-state index in [-0.39, 0.29) is 17.6 Å². The Labute approximate surface area is 110 Å². The second-order valence-electron chi connectivity index (χ2n) is 4.36. The van der Waals surface area contributed by atoms with Gasteiger partial charge in [-0.25, -0.2) is 0 Å². The van der Waals surface area contributed by atoms with Crippen LogP contribution in [0.1, 0.15) is 12.0 Å². The number of benzene rings is 1. The van der Waals surface area contributed by atoms with E-state index >= 15 is 0 Å². The van der Waals surface area contributed by atoms with E-state index in [1.165, 1.54) is 12.1 Å². The molecule has 0 aliphatic carbocycles. The number of carbonyl (C=O) groups is 1. The lowest BCUT2D eigenvalue weighted by Crippen LogP contribution is -2.24. The van der Waals surface area contributed by atoms with Gasteiger partial charge >= 0.3 is 6.61 Å². The summed E-state index contributed by atoms with van der Waals surface area (Å²) in [7, 11) is 0. The first-order chi connectivity index (χ1) is 9.08. The molecule has 1 aromatic carbocycles. The van der Waals surface area contributed by atoms with Crippen molar-refractivity contribution < 1.29 is 18.3 Å². The van der Waals surface area contributed by atoms with Gasteiger partial charge in [-0.15, -0.1) is 12.3 Å². The van der Waals surface area contributed by atoms with Crippen molar-refractivity contribution >= 4 is 5.91 Å². The first-order valence-corrected chi connectivity index (χ1v) is 5.86. The number of carbonyl (C=O) groups excluding carboxylic acids is 1. The summed E-state index contributed by atoms with van der Waals surface area (Å²) in [4.78, 5) is 13.3. The Kier molecular flexibility index (Phi) is 4.00. The Balaban J connectivity index is 1.97. The molecule has 2 rings (SSSR count). The number of alkyl halides is 2. The molecule has 0 bridgehead atoms. The third-order valence-corrected chi connectivity index (χ3v) is 2.97. The number of ether oxygens (including phenoxy) is 1. The number of nitrogens with zero attached hydrogens (tertiary/aromatic N) is 1. The Bertz CT molecular complexity index is 493. The van der Waals surface area contributed by atoms with Crippen molar-refractivity contribution in [2.45, 2.75) is 19.6 Å². The molecule has 19 heavy (non-hydrogen) atoms. The number of rotatable bonds is 4. The van der Waals surface area contributed by atoms with Gasteiger partial charge in [0.15, 0.2) is 0 Å². The van der Waals surface area contributed by atoms with Gasteiger partial charge in [0.1, 0.15) is 5.75 Å². The summed E-state index contributed by atoms with van der Waals surface area (Å²) in [6, 6.07) is 6.24. The van der Waals surface area contributed by atoms with Crippen molar-refractivity contribution in [2.24, 2.45) is 5.92 Å². The number of halogens is 2. The van der Waals surface area contributed by atoms with Crippen LogP contribution in [0.3, 0.4) is 0 Å². The number of terminal acetylenes is 1. The minimum Gasteiger partial charge on any atom is -0.435 e. The highest BCUT2D eigenvalue weighted by molar-refractivity contribution is 5.79. The molecule has 1 atom stereocenters. The van der Waals surface area contributed by atoms with Crippen LogP contribution in [0.25, 0.3) is 0 Å². The Hall–Kier alpha value is -2.09. The molecule has 0 aromatic heterocycles.